The predicted molar refractivity (Wildman–Crippen MR) is 123 cm³/mol. The van der Waals surface area contributed by atoms with Crippen molar-refractivity contribution in [3.8, 4) is 0 Å². The average molecular weight is 463 g/mol. The highest BCUT2D eigenvalue weighted by atomic mass is 35.5. The molecule has 0 unspecified atom stereocenters. The van der Waals surface area contributed by atoms with Crippen molar-refractivity contribution < 1.29 is 13.2 Å². The van der Waals surface area contributed by atoms with E-state index in [-0.39, 0.29) is 10.8 Å². The molecule has 2 heterocycles. The first-order chi connectivity index (χ1) is 14.3. The van der Waals surface area contributed by atoms with E-state index >= 15 is 0 Å². The zero-order chi connectivity index (χ0) is 21.5. The number of fused-ring (bicyclic) bond motifs is 1. The number of hydrogen-bond donors (Lipinski definition) is 1. The number of piperidine rings is 1. The summed E-state index contributed by atoms with van der Waals surface area (Å²) in [5.74, 6) is 0.372. The van der Waals surface area contributed by atoms with E-state index in [1.54, 1.807) is 28.6 Å². The lowest BCUT2D eigenvalue weighted by Gasteiger charge is -2.34. The molecule has 158 valence electrons. The molecule has 3 aromatic rings. The van der Waals surface area contributed by atoms with E-state index in [4.69, 9.17) is 11.6 Å². The van der Waals surface area contributed by atoms with Gasteiger partial charge in [0.1, 0.15) is 4.88 Å². The molecule has 1 N–H and O–H groups in total. The van der Waals surface area contributed by atoms with Gasteiger partial charge >= 0.3 is 0 Å². The Labute approximate surface area is 185 Å². The van der Waals surface area contributed by atoms with E-state index in [9.17, 15) is 13.2 Å². The summed E-state index contributed by atoms with van der Waals surface area (Å²) >= 11 is 7.71. The van der Waals surface area contributed by atoms with Crippen LogP contribution in [0.5, 0.6) is 0 Å². The Kier molecular flexibility index (Phi) is 5.90. The third-order valence-electron chi connectivity index (χ3n) is 5.33. The van der Waals surface area contributed by atoms with Crippen molar-refractivity contribution in [2.24, 2.45) is 11.8 Å². The number of sulfonamides is 1. The Balaban J connectivity index is 1.52. The predicted octanol–water partition coefficient (Wildman–Crippen LogP) is 5.47. The third kappa shape index (κ3) is 4.12. The van der Waals surface area contributed by atoms with Crippen LogP contribution in [-0.4, -0.2) is 31.7 Å². The number of nitrogens with one attached hydrogen (secondary N) is 1. The molecule has 0 saturated carbocycles. The molecule has 1 aliphatic rings. The molecule has 0 spiro atoms. The highest BCUT2D eigenvalue weighted by Gasteiger charge is 2.31. The molecule has 8 heteroatoms. The lowest BCUT2D eigenvalue weighted by molar-refractivity contribution is 0.103. The molecule has 2 aromatic carbocycles. The smallest absolute Gasteiger partial charge is 0.267 e. The van der Waals surface area contributed by atoms with Gasteiger partial charge in [-0.3, -0.25) is 4.79 Å². The summed E-state index contributed by atoms with van der Waals surface area (Å²) < 4.78 is 28.5. The number of carbonyl (C=O) groups excluding carboxylic acids is 1. The van der Waals surface area contributed by atoms with E-state index in [1.165, 1.54) is 11.3 Å². The van der Waals surface area contributed by atoms with Crippen molar-refractivity contribution in [3.05, 3.63) is 58.4 Å². The summed E-state index contributed by atoms with van der Waals surface area (Å²) in [6.45, 7) is 5.23. The van der Waals surface area contributed by atoms with Crippen molar-refractivity contribution in [2.45, 2.75) is 25.2 Å². The minimum Gasteiger partial charge on any atom is -0.321 e. The minimum atomic E-state index is -3.55. The van der Waals surface area contributed by atoms with Crippen LogP contribution in [0.3, 0.4) is 0 Å². The molecule has 1 aromatic heterocycles. The van der Waals surface area contributed by atoms with Crippen molar-refractivity contribution in [1.82, 2.24) is 4.31 Å². The first-order valence-electron chi connectivity index (χ1n) is 9.84. The largest absolute Gasteiger partial charge is 0.321 e. The fraction of sp³-hybridized carbons (Fsp3) is 0.318. The van der Waals surface area contributed by atoms with Gasteiger partial charge in [-0.2, -0.15) is 4.31 Å². The molecule has 5 nitrogen and oxygen atoms in total. The van der Waals surface area contributed by atoms with E-state index in [1.807, 2.05) is 24.3 Å². The van der Waals surface area contributed by atoms with E-state index < -0.39 is 10.0 Å². The maximum absolute atomic E-state index is 13.0. The summed E-state index contributed by atoms with van der Waals surface area (Å²) in [5.41, 5.74) is 0.521. The topological polar surface area (TPSA) is 66.5 Å². The first-order valence-corrected chi connectivity index (χ1v) is 12.5. The van der Waals surface area contributed by atoms with Crippen LogP contribution in [0.1, 0.15) is 29.9 Å². The summed E-state index contributed by atoms with van der Waals surface area (Å²) in [6, 6.07) is 13.9. The summed E-state index contributed by atoms with van der Waals surface area (Å²) in [4.78, 5) is 13.4. The van der Waals surface area contributed by atoms with Gasteiger partial charge in [-0.15, -0.1) is 11.3 Å². The molecule has 4 rings (SSSR count). The highest BCUT2D eigenvalue weighted by molar-refractivity contribution is 7.89. The van der Waals surface area contributed by atoms with Crippen LogP contribution in [0.25, 0.3) is 10.1 Å². The van der Waals surface area contributed by atoms with Gasteiger partial charge in [0.15, 0.2) is 0 Å². The molecule has 1 saturated heterocycles. The molecule has 2 atom stereocenters. The van der Waals surface area contributed by atoms with Gasteiger partial charge in [-0.25, -0.2) is 8.42 Å². The number of amides is 1. The van der Waals surface area contributed by atoms with E-state index in [2.05, 4.69) is 19.2 Å². The van der Waals surface area contributed by atoms with Crippen LogP contribution in [0, 0.1) is 11.8 Å². The normalized spacial score (nSPS) is 20.4. The van der Waals surface area contributed by atoms with Crippen molar-refractivity contribution in [3.63, 3.8) is 0 Å². The van der Waals surface area contributed by atoms with E-state index in [0.29, 0.717) is 40.5 Å². The summed E-state index contributed by atoms with van der Waals surface area (Å²) in [6.07, 6.45) is 1.04. The lowest BCUT2D eigenvalue weighted by Crippen LogP contribution is -2.42. The molecule has 0 radical (unpaired) electrons. The van der Waals surface area contributed by atoms with Crippen molar-refractivity contribution >= 4 is 54.6 Å². The van der Waals surface area contributed by atoms with Crippen LogP contribution in [0.15, 0.2) is 53.4 Å². The van der Waals surface area contributed by atoms with Gasteiger partial charge in [-0.1, -0.05) is 43.6 Å². The minimum absolute atomic E-state index is 0.238. The second-order valence-electron chi connectivity index (χ2n) is 7.99. The quantitative estimate of drug-likeness (QED) is 0.558. The molecular formula is C22H23ClN2O3S2. The average Bonchev–Trinajstić information content (AvgIpc) is 3.05. The van der Waals surface area contributed by atoms with Gasteiger partial charge in [0, 0.05) is 28.9 Å². The SMILES string of the molecule is C[C@@H]1C[C@@H](C)CN(S(=O)(=O)c2ccc(NC(=O)c3sc4ccccc4c3Cl)cc2)C1. The zero-order valence-electron chi connectivity index (χ0n) is 16.8. The zero-order valence-corrected chi connectivity index (χ0v) is 19.2. The second kappa shape index (κ2) is 8.30. The molecular weight excluding hydrogens is 440 g/mol. The standard InChI is InChI=1S/C22H23ClN2O3S2/c1-14-11-15(2)13-25(12-14)30(27,28)17-9-7-16(8-10-17)24-22(26)21-20(23)18-5-3-4-6-19(18)29-21/h3-10,14-15H,11-13H2,1-2H3,(H,24,26)/t14-,15-/m1/s1. The van der Waals surface area contributed by atoms with Gasteiger partial charge in [0.25, 0.3) is 5.91 Å². The first kappa shape index (κ1) is 21.3. The summed E-state index contributed by atoms with van der Waals surface area (Å²) in [7, 11) is -3.55. The Morgan fingerprint density at radius 1 is 1.07 bits per heavy atom. The Bertz CT molecular complexity index is 1180. The fourth-order valence-electron chi connectivity index (χ4n) is 4.01. The van der Waals surface area contributed by atoms with Crippen molar-refractivity contribution in [2.75, 3.05) is 18.4 Å². The van der Waals surface area contributed by atoms with Crippen LogP contribution in [0.4, 0.5) is 5.69 Å². The van der Waals surface area contributed by atoms with Crippen LogP contribution in [-0.2, 0) is 10.0 Å². The van der Waals surface area contributed by atoms with Gasteiger partial charge < -0.3 is 5.32 Å². The molecule has 0 aliphatic carbocycles. The maximum Gasteiger partial charge on any atom is 0.267 e. The number of rotatable bonds is 4. The van der Waals surface area contributed by atoms with Crippen LogP contribution in [0.2, 0.25) is 5.02 Å². The van der Waals surface area contributed by atoms with E-state index in [0.717, 1.165) is 16.5 Å². The molecule has 1 fully saturated rings. The number of carbonyl (C=O) groups is 1. The maximum atomic E-state index is 13.0. The second-order valence-corrected chi connectivity index (χ2v) is 11.4. The summed E-state index contributed by atoms with van der Waals surface area (Å²) in [5, 5.41) is 4.09. The van der Waals surface area contributed by atoms with Gasteiger partial charge in [-0.05, 0) is 48.6 Å². The molecule has 1 aliphatic heterocycles. The number of thiophene rings is 1. The van der Waals surface area contributed by atoms with Crippen LogP contribution >= 0.6 is 22.9 Å². The number of halogens is 1. The monoisotopic (exact) mass is 462 g/mol. The number of benzene rings is 2. The number of hydrogen-bond acceptors (Lipinski definition) is 4. The number of anilines is 1. The van der Waals surface area contributed by atoms with Crippen LogP contribution < -0.4 is 5.32 Å². The van der Waals surface area contributed by atoms with Crippen molar-refractivity contribution in [1.29, 1.82) is 0 Å². The molecule has 1 amide bonds. The Hall–Kier alpha value is -1.93. The van der Waals surface area contributed by atoms with Gasteiger partial charge in [0.2, 0.25) is 10.0 Å². The highest BCUT2D eigenvalue weighted by Crippen LogP contribution is 2.35. The molecule has 30 heavy (non-hydrogen) atoms. The Morgan fingerprint density at radius 3 is 2.33 bits per heavy atom. The lowest BCUT2D eigenvalue weighted by atomic mass is 9.94. The number of nitrogens with zero attached hydrogens (tertiary/aromatic N) is 1. The molecule has 0 bridgehead atoms. The Morgan fingerprint density at radius 2 is 1.70 bits per heavy atom. The van der Waals surface area contributed by atoms with Gasteiger partial charge in [0.05, 0.1) is 9.92 Å². The fourth-order valence-corrected chi connectivity index (χ4v) is 7.10. The third-order valence-corrected chi connectivity index (χ3v) is 8.85.